The summed E-state index contributed by atoms with van der Waals surface area (Å²) in [6.07, 6.45) is -1.32. The predicted molar refractivity (Wildman–Crippen MR) is 98.9 cm³/mol. The Labute approximate surface area is 157 Å². The number of carbonyl (C=O) groups is 2. The van der Waals surface area contributed by atoms with Crippen molar-refractivity contribution >= 4 is 12.0 Å². The lowest BCUT2D eigenvalue weighted by Gasteiger charge is -2.37. The third-order valence-corrected chi connectivity index (χ3v) is 4.83. The normalized spacial score (nSPS) is 18.3. The average Bonchev–Trinajstić information content (AvgIpc) is 2.90. The van der Waals surface area contributed by atoms with Crippen molar-refractivity contribution in [3.05, 3.63) is 83.1 Å². The molecule has 0 aliphatic carbocycles. The predicted octanol–water partition coefficient (Wildman–Crippen LogP) is 1.64. The van der Waals surface area contributed by atoms with Gasteiger partial charge in [0.15, 0.2) is 6.23 Å². The molecule has 0 saturated heterocycles. The molecule has 3 rings (SSSR count). The number of hydrazine groups is 1. The highest BCUT2D eigenvalue weighted by atomic mass is 16.5. The number of amides is 2. The Morgan fingerprint density at radius 2 is 1.56 bits per heavy atom. The number of primary amides is 1. The van der Waals surface area contributed by atoms with E-state index in [0.29, 0.717) is 16.8 Å². The van der Waals surface area contributed by atoms with Crippen LogP contribution in [0.25, 0.3) is 0 Å². The molecule has 0 fully saturated rings. The van der Waals surface area contributed by atoms with Crippen molar-refractivity contribution in [2.45, 2.75) is 18.6 Å². The molecule has 7 nitrogen and oxygen atoms in total. The van der Waals surface area contributed by atoms with Gasteiger partial charge < -0.3 is 15.6 Å². The lowest BCUT2D eigenvalue weighted by atomic mass is 9.69. The number of hydrogen-bond acceptors (Lipinski definition) is 5. The molecule has 1 aliphatic heterocycles. The van der Waals surface area contributed by atoms with Gasteiger partial charge in [-0.3, -0.25) is 5.01 Å². The van der Waals surface area contributed by atoms with Gasteiger partial charge in [-0.25, -0.2) is 15.0 Å². The summed E-state index contributed by atoms with van der Waals surface area (Å²) in [7, 11) is 1.28. The van der Waals surface area contributed by atoms with E-state index in [2.05, 4.69) is 5.43 Å². The minimum atomic E-state index is -1.32. The first-order valence-electron chi connectivity index (χ1n) is 8.38. The van der Waals surface area contributed by atoms with Crippen molar-refractivity contribution in [2.24, 2.45) is 5.73 Å². The number of ether oxygens (including phenoxy) is 1. The maximum Gasteiger partial charge on any atom is 0.337 e. The Balaban J connectivity index is 2.36. The van der Waals surface area contributed by atoms with Crippen LogP contribution in [0.5, 0.6) is 0 Å². The van der Waals surface area contributed by atoms with Crippen molar-refractivity contribution < 1.29 is 19.4 Å². The van der Waals surface area contributed by atoms with Crippen LogP contribution in [-0.2, 0) is 14.9 Å². The van der Waals surface area contributed by atoms with Gasteiger partial charge in [-0.05, 0) is 18.1 Å². The van der Waals surface area contributed by atoms with Gasteiger partial charge in [0.05, 0.1) is 12.7 Å². The van der Waals surface area contributed by atoms with E-state index in [-0.39, 0.29) is 5.57 Å². The topological polar surface area (TPSA) is 105 Å². The van der Waals surface area contributed by atoms with Crippen molar-refractivity contribution in [1.82, 2.24) is 10.4 Å². The summed E-state index contributed by atoms with van der Waals surface area (Å²) >= 11 is 0. The fraction of sp³-hybridized carbons (Fsp3) is 0.200. The molecule has 0 saturated carbocycles. The van der Waals surface area contributed by atoms with E-state index in [1.54, 1.807) is 6.92 Å². The quantitative estimate of drug-likeness (QED) is 0.713. The Hall–Kier alpha value is -3.32. The zero-order valence-corrected chi connectivity index (χ0v) is 15.0. The number of methoxy groups -OCH3 is 1. The minimum absolute atomic E-state index is 0.226. The molecule has 1 aliphatic rings. The van der Waals surface area contributed by atoms with Crippen LogP contribution in [0.15, 0.2) is 71.9 Å². The largest absolute Gasteiger partial charge is 0.466 e. The SMILES string of the molecule is COC(=O)C1=C(C)N(NC(N)=O)[C@H](O)C1(c1ccccc1)c1ccccc1. The van der Waals surface area contributed by atoms with Crippen LogP contribution in [0.3, 0.4) is 0 Å². The van der Waals surface area contributed by atoms with Crippen LogP contribution in [-0.4, -0.2) is 35.5 Å². The average molecular weight is 367 g/mol. The molecule has 0 bridgehead atoms. The Bertz CT molecular complexity index is 841. The summed E-state index contributed by atoms with van der Waals surface area (Å²) < 4.78 is 5.03. The molecule has 0 spiro atoms. The molecule has 0 radical (unpaired) electrons. The van der Waals surface area contributed by atoms with Gasteiger partial charge in [-0.15, -0.1) is 0 Å². The Morgan fingerprint density at radius 3 is 1.96 bits per heavy atom. The lowest BCUT2D eigenvalue weighted by Crippen LogP contribution is -2.53. The van der Waals surface area contributed by atoms with E-state index in [4.69, 9.17) is 10.5 Å². The number of aliphatic hydroxyl groups excluding tert-OH is 1. The van der Waals surface area contributed by atoms with Gasteiger partial charge in [-0.2, -0.15) is 0 Å². The summed E-state index contributed by atoms with van der Waals surface area (Å²) in [4.78, 5) is 24.3. The van der Waals surface area contributed by atoms with E-state index in [0.717, 1.165) is 0 Å². The highest BCUT2D eigenvalue weighted by Crippen LogP contribution is 2.49. The summed E-state index contributed by atoms with van der Waals surface area (Å²) in [5.41, 5.74) is 8.33. The van der Waals surface area contributed by atoms with Crippen molar-refractivity contribution in [1.29, 1.82) is 0 Å². The molecule has 1 heterocycles. The molecule has 0 aromatic heterocycles. The minimum Gasteiger partial charge on any atom is -0.466 e. The second-order valence-electron chi connectivity index (χ2n) is 6.21. The number of benzene rings is 2. The smallest absolute Gasteiger partial charge is 0.337 e. The number of hydrogen-bond donors (Lipinski definition) is 3. The Morgan fingerprint density at radius 1 is 1.07 bits per heavy atom. The van der Waals surface area contributed by atoms with E-state index < -0.39 is 23.6 Å². The fourth-order valence-corrected chi connectivity index (χ4v) is 3.74. The molecular weight excluding hydrogens is 346 g/mol. The summed E-state index contributed by atoms with van der Waals surface area (Å²) in [6, 6.07) is 17.4. The molecule has 27 heavy (non-hydrogen) atoms. The second kappa shape index (κ2) is 7.13. The van der Waals surface area contributed by atoms with Gasteiger partial charge in [0.25, 0.3) is 0 Å². The zero-order valence-electron chi connectivity index (χ0n) is 15.0. The number of nitrogens with one attached hydrogen (secondary N) is 1. The molecular formula is C20H21N3O4. The number of urea groups is 1. The van der Waals surface area contributed by atoms with Gasteiger partial charge >= 0.3 is 12.0 Å². The highest BCUT2D eigenvalue weighted by Gasteiger charge is 2.57. The molecule has 1 atom stereocenters. The second-order valence-corrected chi connectivity index (χ2v) is 6.21. The van der Waals surface area contributed by atoms with Crippen LogP contribution >= 0.6 is 0 Å². The number of aliphatic hydroxyl groups is 1. The van der Waals surface area contributed by atoms with Crippen molar-refractivity contribution in [3.8, 4) is 0 Å². The summed E-state index contributed by atoms with van der Waals surface area (Å²) in [5.74, 6) is -0.604. The van der Waals surface area contributed by atoms with E-state index in [9.17, 15) is 14.7 Å². The van der Waals surface area contributed by atoms with Crippen LogP contribution in [0, 0.1) is 0 Å². The number of nitrogens with zero attached hydrogens (tertiary/aromatic N) is 1. The van der Waals surface area contributed by atoms with Crippen molar-refractivity contribution in [3.63, 3.8) is 0 Å². The first-order chi connectivity index (χ1) is 12.9. The number of allylic oxidation sites excluding steroid dienone is 1. The highest BCUT2D eigenvalue weighted by molar-refractivity contribution is 5.95. The maximum atomic E-state index is 12.8. The molecule has 0 unspecified atom stereocenters. The number of nitrogens with two attached hydrogens (primary N) is 1. The Kier molecular flexibility index (Phi) is 4.87. The van der Waals surface area contributed by atoms with E-state index in [1.807, 2.05) is 60.7 Å². The van der Waals surface area contributed by atoms with Crippen LogP contribution < -0.4 is 11.2 Å². The molecule has 4 N–H and O–H groups in total. The fourth-order valence-electron chi connectivity index (χ4n) is 3.74. The molecule has 2 aromatic rings. The standard InChI is InChI=1S/C20H21N3O4/c1-13-16(17(24)27-2)20(14-9-5-3-6-10-14,15-11-7-4-8-12-15)18(25)23(13)22-19(21)26/h3-12,18,25H,1-2H3,(H3,21,22,26)/t18-/m1/s1. The first-order valence-corrected chi connectivity index (χ1v) is 8.38. The summed E-state index contributed by atoms with van der Waals surface area (Å²) in [6.45, 7) is 1.62. The van der Waals surface area contributed by atoms with Gasteiger partial charge in [0.2, 0.25) is 0 Å². The number of carbonyl (C=O) groups excluding carboxylic acids is 2. The van der Waals surface area contributed by atoms with Gasteiger partial charge in [0.1, 0.15) is 5.41 Å². The van der Waals surface area contributed by atoms with E-state index in [1.165, 1.54) is 12.1 Å². The molecule has 2 amide bonds. The molecule has 2 aromatic carbocycles. The zero-order chi connectivity index (χ0) is 19.6. The number of rotatable bonds is 4. The maximum absolute atomic E-state index is 12.8. The first kappa shape index (κ1) is 18.5. The summed E-state index contributed by atoms with van der Waals surface area (Å²) in [5, 5.41) is 12.5. The number of esters is 1. The molecule has 140 valence electrons. The lowest BCUT2D eigenvalue weighted by molar-refractivity contribution is -0.137. The third-order valence-electron chi connectivity index (χ3n) is 4.83. The monoisotopic (exact) mass is 367 g/mol. The van der Waals surface area contributed by atoms with Crippen molar-refractivity contribution in [2.75, 3.05) is 7.11 Å². The van der Waals surface area contributed by atoms with Gasteiger partial charge in [-0.1, -0.05) is 60.7 Å². The van der Waals surface area contributed by atoms with Crippen LogP contribution in [0.2, 0.25) is 0 Å². The van der Waals surface area contributed by atoms with Crippen LogP contribution in [0.4, 0.5) is 4.79 Å². The molecule has 7 heteroatoms. The van der Waals surface area contributed by atoms with Crippen LogP contribution in [0.1, 0.15) is 18.1 Å². The van der Waals surface area contributed by atoms with Gasteiger partial charge in [0, 0.05) is 5.70 Å². The van der Waals surface area contributed by atoms with E-state index >= 15 is 0 Å². The third kappa shape index (κ3) is 2.82.